The van der Waals surface area contributed by atoms with Crippen molar-refractivity contribution in [2.45, 2.75) is 104 Å². The topological polar surface area (TPSA) is 66.4 Å². The summed E-state index contributed by atoms with van der Waals surface area (Å²) in [5, 5.41) is 4.26. The van der Waals surface area contributed by atoms with E-state index < -0.39 is 5.97 Å². The van der Waals surface area contributed by atoms with Crippen LogP contribution in [-0.2, 0) is 14.4 Å². The Morgan fingerprint density at radius 2 is 1.30 bits per heavy atom. The van der Waals surface area contributed by atoms with Gasteiger partial charge in [0, 0.05) is 11.1 Å². The number of benzene rings is 2. The number of nitrogens with zero attached hydrogens (tertiary/aromatic N) is 1. The Bertz CT molecular complexity index is 957. The summed E-state index contributed by atoms with van der Waals surface area (Å²) in [4.78, 5) is 17.0. The van der Waals surface area contributed by atoms with Crippen molar-refractivity contribution in [3.05, 3.63) is 59.7 Å². The van der Waals surface area contributed by atoms with Gasteiger partial charge in [0.1, 0.15) is 17.2 Å². The Morgan fingerprint density at radius 3 is 1.88 bits per heavy atom. The molecule has 0 aromatic heterocycles. The number of para-hydroxylation sites is 1. The van der Waals surface area contributed by atoms with Gasteiger partial charge in [0.2, 0.25) is 6.61 Å². The molecule has 0 atom stereocenters. The van der Waals surface area contributed by atoms with Crippen LogP contribution >= 0.6 is 0 Å². The third kappa shape index (κ3) is 13.9. The standard InChI is InChI=1S/C34H51NO5/c1-4-6-7-8-9-10-11-12-13-14-15-16-17-20-27-39-30-25-23-29(24-26-30)34(35-40-28-33(36)38-5-2)31-21-18-19-22-32(31)37-3/h18-19,21-26H,4-17,20,27-28H2,1-3H3. The number of esters is 1. The minimum absolute atomic E-state index is 0.257. The molecule has 0 aliphatic carbocycles. The van der Waals surface area contributed by atoms with Gasteiger partial charge in [0.25, 0.3) is 0 Å². The molecule has 0 fully saturated rings. The van der Waals surface area contributed by atoms with E-state index in [2.05, 4.69) is 12.1 Å². The Morgan fingerprint density at radius 1 is 0.725 bits per heavy atom. The van der Waals surface area contributed by atoms with Gasteiger partial charge in [-0.1, -0.05) is 108 Å². The molecule has 40 heavy (non-hydrogen) atoms. The van der Waals surface area contributed by atoms with Crippen LogP contribution in [0.3, 0.4) is 0 Å². The molecule has 0 saturated heterocycles. The molecule has 6 nitrogen and oxygen atoms in total. The van der Waals surface area contributed by atoms with E-state index in [1.807, 2.05) is 48.5 Å². The van der Waals surface area contributed by atoms with E-state index >= 15 is 0 Å². The molecule has 0 unspecified atom stereocenters. The van der Waals surface area contributed by atoms with Crippen LogP contribution in [0.4, 0.5) is 0 Å². The lowest BCUT2D eigenvalue weighted by Gasteiger charge is -2.12. The maximum Gasteiger partial charge on any atom is 0.347 e. The van der Waals surface area contributed by atoms with Crippen molar-refractivity contribution in [3.63, 3.8) is 0 Å². The van der Waals surface area contributed by atoms with Gasteiger partial charge in [-0.3, -0.25) is 0 Å². The predicted molar refractivity (Wildman–Crippen MR) is 163 cm³/mol. The number of rotatable bonds is 23. The minimum atomic E-state index is -0.460. The summed E-state index contributed by atoms with van der Waals surface area (Å²) in [6, 6.07) is 15.3. The van der Waals surface area contributed by atoms with E-state index in [-0.39, 0.29) is 6.61 Å². The van der Waals surface area contributed by atoms with Crippen LogP contribution in [0, 0.1) is 0 Å². The van der Waals surface area contributed by atoms with E-state index in [9.17, 15) is 4.79 Å². The van der Waals surface area contributed by atoms with Crippen LogP contribution in [0.5, 0.6) is 11.5 Å². The number of carbonyl (C=O) groups is 1. The molecule has 0 saturated carbocycles. The maximum absolute atomic E-state index is 11.7. The second kappa shape index (κ2) is 21.8. The molecule has 2 aromatic rings. The molecule has 0 aliphatic heterocycles. The monoisotopic (exact) mass is 553 g/mol. The highest BCUT2D eigenvalue weighted by Gasteiger charge is 2.14. The first-order valence-corrected chi connectivity index (χ1v) is 15.4. The van der Waals surface area contributed by atoms with Crippen LogP contribution in [-0.4, -0.2) is 38.6 Å². The smallest absolute Gasteiger partial charge is 0.347 e. The quantitative estimate of drug-likeness (QED) is 0.0595. The van der Waals surface area contributed by atoms with Crippen molar-refractivity contribution in [3.8, 4) is 11.5 Å². The number of hydrogen-bond donors (Lipinski definition) is 0. The number of ether oxygens (including phenoxy) is 3. The van der Waals surface area contributed by atoms with Gasteiger partial charge in [0.05, 0.1) is 20.3 Å². The fraction of sp³-hybridized carbons (Fsp3) is 0.588. The van der Waals surface area contributed by atoms with Crippen molar-refractivity contribution in [2.24, 2.45) is 5.16 Å². The first kappa shape index (κ1) is 33.2. The average molecular weight is 554 g/mol. The van der Waals surface area contributed by atoms with Crippen molar-refractivity contribution >= 4 is 11.7 Å². The van der Waals surface area contributed by atoms with Gasteiger partial charge in [-0.25, -0.2) is 4.79 Å². The average Bonchev–Trinajstić information content (AvgIpc) is 2.98. The molecule has 2 rings (SSSR count). The molecule has 2 aromatic carbocycles. The summed E-state index contributed by atoms with van der Waals surface area (Å²) in [7, 11) is 1.62. The van der Waals surface area contributed by atoms with Gasteiger partial charge < -0.3 is 19.0 Å². The zero-order chi connectivity index (χ0) is 28.7. The second-order valence-corrected chi connectivity index (χ2v) is 10.2. The predicted octanol–water partition coefficient (Wildman–Crippen LogP) is 8.89. The summed E-state index contributed by atoms with van der Waals surface area (Å²) in [6.45, 7) is 4.79. The second-order valence-electron chi connectivity index (χ2n) is 10.2. The molecule has 222 valence electrons. The molecule has 0 aliphatic rings. The van der Waals surface area contributed by atoms with Gasteiger partial charge in [-0.05, 0) is 49.7 Å². The lowest BCUT2D eigenvalue weighted by molar-refractivity contribution is -0.148. The van der Waals surface area contributed by atoms with Gasteiger partial charge in [-0.15, -0.1) is 0 Å². The highest BCUT2D eigenvalue weighted by molar-refractivity contribution is 6.14. The lowest BCUT2D eigenvalue weighted by Crippen LogP contribution is -2.12. The maximum atomic E-state index is 11.7. The SMILES string of the molecule is CCCCCCCCCCCCCCCCOc1ccc(C(=NOCC(=O)OCC)c2ccccc2OC)cc1. The highest BCUT2D eigenvalue weighted by Crippen LogP contribution is 2.24. The summed E-state index contributed by atoms with van der Waals surface area (Å²) < 4.78 is 16.4. The summed E-state index contributed by atoms with van der Waals surface area (Å²) in [5.41, 5.74) is 2.17. The summed E-state index contributed by atoms with van der Waals surface area (Å²) in [5.74, 6) is 1.03. The van der Waals surface area contributed by atoms with Crippen molar-refractivity contribution < 1.29 is 23.8 Å². The lowest BCUT2D eigenvalue weighted by atomic mass is 10.0. The zero-order valence-electron chi connectivity index (χ0n) is 25.1. The zero-order valence-corrected chi connectivity index (χ0v) is 25.1. The fourth-order valence-corrected chi connectivity index (χ4v) is 4.65. The van der Waals surface area contributed by atoms with Crippen LogP contribution in [0.1, 0.15) is 115 Å². The number of unbranched alkanes of at least 4 members (excludes halogenated alkanes) is 13. The Balaban J connectivity index is 1.71. The molecule has 0 bridgehead atoms. The van der Waals surface area contributed by atoms with Crippen LogP contribution < -0.4 is 9.47 Å². The summed E-state index contributed by atoms with van der Waals surface area (Å²) >= 11 is 0. The van der Waals surface area contributed by atoms with E-state index in [0.29, 0.717) is 24.7 Å². The van der Waals surface area contributed by atoms with Crippen molar-refractivity contribution in [1.29, 1.82) is 0 Å². The van der Waals surface area contributed by atoms with E-state index in [1.54, 1.807) is 14.0 Å². The Hall–Kier alpha value is -3.02. The molecular weight excluding hydrogens is 502 g/mol. The first-order chi connectivity index (χ1) is 19.7. The Labute approximate surface area is 242 Å². The molecule has 0 N–H and O–H groups in total. The largest absolute Gasteiger partial charge is 0.496 e. The number of methoxy groups -OCH3 is 1. The third-order valence-corrected chi connectivity index (χ3v) is 6.90. The third-order valence-electron chi connectivity index (χ3n) is 6.90. The molecular formula is C34H51NO5. The van der Waals surface area contributed by atoms with Gasteiger partial charge in [0.15, 0.2) is 0 Å². The molecule has 0 amide bonds. The van der Waals surface area contributed by atoms with E-state index in [0.717, 1.165) is 23.3 Å². The minimum Gasteiger partial charge on any atom is -0.496 e. The summed E-state index contributed by atoms with van der Waals surface area (Å²) in [6.07, 6.45) is 18.8. The van der Waals surface area contributed by atoms with Crippen molar-refractivity contribution in [1.82, 2.24) is 0 Å². The Kier molecular flexibility index (Phi) is 18.1. The normalized spacial score (nSPS) is 11.3. The van der Waals surface area contributed by atoms with Crippen LogP contribution in [0.15, 0.2) is 53.7 Å². The first-order valence-electron chi connectivity index (χ1n) is 15.4. The molecule has 6 heteroatoms. The molecule has 0 radical (unpaired) electrons. The highest BCUT2D eigenvalue weighted by atomic mass is 16.7. The van der Waals surface area contributed by atoms with Crippen LogP contribution in [0.2, 0.25) is 0 Å². The molecule has 0 heterocycles. The van der Waals surface area contributed by atoms with Crippen LogP contribution in [0.25, 0.3) is 0 Å². The fourth-order valence-electron chi connectivity index (χ4n) is 4.65. The van der Waals surface area contributed by atoms with E-state index in [1.165, 1.54) is 83.5 Å². The molecule has 0 spiro atoms. The number of hydrogen-bond acceptors (Lipinski definition) is 6. The van der Waals surface area contributed by atoms with Crippen molar-refractivity contribution in [2.75, 3.05) is 26.9 Å². The van der Waals surface area contributed by atoms with Gasteiger partial charge in [-0.2, -0.15) is 0 Å². The number of oxime groups is 1. The van der Waals surface area contributed by atoms with Gasteiger partial charge >= 0.3 is 5.97 Å². The number of carbonyl (C=O) groups excluding carboxylic acids is 1. The van der Waals surface area contributed by atoms with E-state index in [4.69, 9.17) is 19.0 Å².